The van der Waals surface area contributed by atoms with Gasteiger partial charge in [-0.15, -0.1) is 5.54 Å². The molecule has 28 heavy (non-hydrogen) atoms. The van der Waals surface area contributed by atoms with Gasteiger partial charge < -0.3 is 10.5 Å². The SMILES string of the molecule is CC(C)(OC(N)=O)C(Cc1ccccc1)Cc1cccc(C#C[Si](C)(C)C)c1. The van der Waals surface area contributed by atoms with E-state index in [2.05, 4.69) is 55.4 Å². The maximum atomic E-state index is 11.4. The highest BCUT2D eigenvalue weighted by molar-refractivity contribution is 6.83. The maximum absolute atomic E-state index is 11.4. The van der Waals surface area contributed by atoms with Crippen molar-refractivity contribution >= 4 is 14.2 Å². The molecule has 1 atom stereocenters. The molecule has 0 heterocycles. The van der Waals surface area contributed by atoms with Gasteiger partial charge >= 0.3 is 6.09 Å². The first-order chi connectivity index (χ1) is 13.0. The van der Waals surface area contributed by atoms with E-state index in [1.165, 1.54) is 11.1 Å². The lowest BCUT2D eigenvalue weighted by molar-refractivity contribution is -0.00141. The third-order valence-corrected chi connectivity index (χ3v) is 5.54. The second-order valence-corrected chi connectivity index (χ2v) is 13.6. The summed E-state index contributed by atoms with van der Waals surface area (Å²) in [5, 5.41) is 0. The van der Waals surface area contributed by atoms with Crippen molar-refractivity contribution in [3.63, 3.8) is 0 Å². The van der Waals surface area contributed by atoms with Gasteiger partial charge in [-0.25, -0.2) is 4.79 Å². The van der Waals surface area contributed by atoms with Crippen LogP contribution in [0.4, 0.5) is 4.79 Å². The number of nitrogens with two attached hydrogens (primary N) is 1. The van der Waals surface area contributed by atoms with Crippen LogP contribution in [-0.4, -0.2) is 19.8 Å². The van der Waals surface area contributed by atoms with E-state index in [1.54, 1.807) is 0 Å². The Hall–Kier alpha value is -2.51. The summed E-state index contributed by atoms with van der Waals surface area (Å²) in [7, 11) is -1.42. The number of ether oxygens (including phenoxy) is 1. The highest BCUT2D eigenvalue weighted by Crippen LogP contribution is 2.29. The molecular formula is C24H31NO2Si. The zero-order valence-electron chi connectivity index (χ0n) is 17.6. The number of benzene rings is 2. The van der Waals surface area contributed by atoms with Crippen molar-refractivity contribution in [2.45, 2.75) is 51.9 Å². The van der Waals surface area contributed by atoms with Crippen LogP contribution >= 0.6 is 0 Å². The molecule has 1 amide bonds. The number of rotatable bonds is 6. The summed E-state index contributed by atoms with van der Waals surface area (Å²) in [6.45, 7) is 10.6. The number of amides is 1. The van der Waals surface area contributed by atoms with Crippen molar-refractivity contribution < 1.29 is 9.53 Å². The van der Waals surface area contributed by atoms with Crippen LogP contribution < -0.4 is 5.73 Å². The second kappa shape index (κ2) is 9.12. The molecule has 0 bridgehead atoms. The Balaban J connectivity index is 2.29. The van der Waals surface area contributed by atoms with E-state index in [0.29, 0.717) is 0 Å². The molecule has 4 heteroatoms. The topological polar surface area (TPSA) is 52.3 Å². The standard InChI is InChI=1S/C24H31NO2Si/c1-24(2,27-23(25)26)22(17-19-10-7-6-8-11-19)18-21-13-9-12-20(16-21)14-15-28(3,4)5/h6-13,16,22H,17-18H2,1-5H3,(H2,25,26). The summed E-state index contributed by atoms with van der Waals surface area (Å²) < 4.78 is 5.48. The van der Waals surface area contributed by atoms with Crippen LogP contribution in [-0.2, 0) is 17.6 Å². The quantitative estimate of drug-likeness (QED) is 0.542. The van der Waals surface area contributed by atoms with Gasteiger partial charge in [-0.1, -0.05) is 68.0 Å². The van der Waals surface area contributed by atoms with Gasteiger partial charge in [0, 0.05) is 11.5 Å². The number of carbonyl (C=O) groups is 1. The fourth-order valence-corrected chi connectivity index (χ4v) is 3.64. The lowest BCUT2D eigenvalue weighted by Crippen LogP contribution is -2.40. The van der Waals surface area contributed by atoms with E-state index < -0.39 is 19.8 Å². The minimum Gasteiger partial charge on any atom is -0.443 e. The lowest BCUT2D eigenvalue weighted by Gasteiger charge is -2.34. The Morgan fingerprint density at radius 1 is 1.04 bits per heavy atom. The predicted molar refractivity (Wildman–Crippen MR) is 119 cm³/mol. The van der Waals surface area contributed by atoms with Crippen molar-refractivity contribution in [1.29, 1.82) is 0 Å². The van der Waals surface area contributed by atoms with Crippen molar-refractivity contribution in [3.8, 4) is 11.5 Å². The van der Waals surface area contributed by atoms with Gasteiger partial charge in [0.1, 0.15) is 13.7 Å². The van der Waals surface area contributed by atoms with E-state index >= 15 is 0 Å². The van der Waals surface area contributed by atoms with Crippen LogP contribution in [0.15, 0.2) is 54.6 Å². The molecule has 148 valence electrons. The highest BCUT2D eigenvalue weighted by Gasteiger charge is 2.33. The van der Waals surface area contributed by atoms with Crippen LogP contribution in [0, 0.1) is 17.4 Å². The molecule has 1 unspecified atom stereocenters. The Morgan fingerprint density at radius 3 is 2.25 bits per heavy atom. The summed E-state index contributed by atoms with van der Waals surface area (Å²) in [5.74, 6) is 3.41. The molecule has 2 rings (SSSR count). The molecule has 2 N–H and O–H groups in total. The first kappa shape index (κ1) is 21.8. The fraction of sp³-hybridized carbons (Fsp3) is 0.375. The van der Waals surface area contributed by atoms with Crippen molar-refractivity contribution in [1.82, 2.24) is 0 Å². The Morgan fingerprint density at radius 2 is 1.64 bits per heavy atom. The molecule has 0 aromatic heterocycles. The lowest BCUT2D eigenvalue weighted by atomic mass is 9.80. The number of hydrogen-bond donors (Lipinski definition) is 1. The first-order valence-corrected chi connectivity index (χ1v) is 13.2. The van der Waals surface area contributed by atoms with E-state index in [9.17, 15) is 4.79 Å². The van der Waals surface area contributed by atoms with Gasteiger partial charge in [0.05, 0.1) is 0 Å². The predicted octanol–water partition coefficient (Wildman–Crippen LogP) is 5.19. The van der Waals surface area contributed by atoms with Crippen molar-refractivity contribution in [3.05, 3.63) is 71.3 Å². The zero-order valence-corrected chi connectivity index (χ0v) is 18.6. The van der Waals surface area contributed by atoms with E-state index in [4.69, 9.17) is 10.5 Å². The van der Waals surface area contributed by atoms with Gasteiger partial charge in [0.15, 0.2) is 0 Å². The van der Waals surface area contributed by atoms with Gasteiger partial charge in [-0.05, 0) is 49.9 Å². The third kappa shape index (κ3) is 7.25. The molecule has 3 nitrogen and oxygen atoms in total. The normalized spacial score (nSPS) is 12.6. The zero-order chi connectivity index (χ0) is 20.8. The number of hydrogen-bond acceptors (Lipinski definition) is 2. The van der Waals surface area contributed by atoms with Crippen LogP contribution in [0.3, 0.4) is 0 Å². The summed E-state index contributed by atoms with van der Waals surface area (Å²) in [4.78, 5) is 11.4. The van der Waals surface area contributed by atoms with E-state index in [-0.39, 0.29) is 5.92 Å². The maximum Gasteiger partial charge on any atom is 0.405 e. The molecular weight excluding hydrogens is 362 g/mol. The smallest absolute Gasteiger partial charge is 0.405 e. The molecule has 0 saturated carbocycles. The minimum atomic E-state index is -1.42. The van der Waals surface area contributed by atoms with Crippen LogP contribution in [0.2, 0.25) is 19.6 Å². The first-order valence-electron chi connectivity index (χ1n) is 9.70. The van der Waals surface area contributed by atoms with Crippen molar-refractivity contribution in [2.24, 2.45) is 11.7 Å². The van der Waals surface area contributed by atoms with Crippen LogP contribution in [0.5, 0.6) is 0 Å². The minimum absolute atomic E-state index is 0.0857. The van der Waals surface area contributed by atoms with Crippen LogP contribution in [0.1, 0.15) is 30.5 Å². The van der Waals surface area contributed by atoms with Gasteiger partial charge in [-0.3, -0.25) is 0 Å². The highest BCUT2D eigenvalue weighted by atomic mass is 28.3. The summed E-state index contributed by atoms with van der Waals surface area (Å²) in [5.41, 5.74) is 11.5. The molecule has 2 aromatic rings. The largest absolute Gasteiger partial charge is 0.443 e. The third-order valence-electron chi connectivity index (χ3n) is 4.66. The molecule has 0 saturated heterocycles. The molecule has 0 aliphatic heterocycles. The average molecular weight is 394 g/mol. The molecule has 0 aliphatic rings. The molecule has 2 aromatic carbocycles. The monoisotopic (exact) mass is 393 g/mol. The van der Waals surface area contributed by atoms with E-state index in [1.807, 2.05) is 44.2 Å². The fourth-order valence-electron chi connectivity index (χ4n) is 3.13. The van der Waals surface area contributed by atoms with Gasteiger partial charge in [-0.2, -0.15) is 0 Å². The van der Waals surface area contributed by atoms with Gasteiger partial charge in [0.2, 0.25) is 0 Å². The summed E-state index contributed by atoms with van der Waals surface area (Å²) in [6.07, 6.45) is 0.835. The number of primary amides is 1. The van der Waals surface area contributed by atoms with Crippen molar-refractivity contribution in [2.75, 3.05) is 0 Å². The Kier molecular flexibility index (Phi) is 7.09. The summed E-state index contributed by atoms with van der Waals surface area (Å²) in [6, 6.07) is 18.6. The molecule has 0 fully saturated rings. The van der Waals surface area contributed by atoms with Gasteiger partial charge in [0.25, 0.3) is 0 Å². The Bertz CT molecular complexity index is 857. The average Bonchev–Trinajstić information content (AvgIpc) is 2.59. The molecule has 0 spiro atoms. The van der Waals surface area contributed by atoms with E-state index in [0.717, 1.165) is 18.4 Å². The number of carbonyl (C=O) groups excluding carboxylic acids is 1. The van der Waals surface area contributed by atoms with Crippen LogP contribution in [0.25, 0.3) is 0 Å². The Labute approximate surface area is 170 Å². The molecule has 0 aliphatic carbocycles. The summed E-state index contributed by atoms with van der Waals surface area (Å²) >= 11 is 0. The molecule has 0 radical (unpaired) electrons. The second-order valence-electron chi connectivity index (χ2n) is 8.82.